The smallest absolute Gasteiger partial charge is 0.307 e. The second-order valence-electron chi connectivity index (χ2n) is 7.57. The Kier molecular flexibility index (Phi) is 6.32. The molecule has 0 spiro atoms. The van der Waals surface area contributed by atoms with Crippen molar-refractivity contribution < 1.29 is 19.5 Å². The summed E-state index contributed by atoms with van der Waals surface area (Å²) in [6, 6.07) is 22.3. The summed E-state index contributed by atoms with van der Waals surface area (Å²) in [6.07, 6.45) is 1.81. The van der Waals surface area contributed by atoms with Crippen molar-refractivity contribution in [3.8, 4) is 16.9 Å². The van der Waals surface area contributed by atoms with Crippen LogP contribution in [0.4, 0.5) is 0 Å². The second kappa shape index (κ2) is 9.47. The van der Waals surface area contributed by atoms with Crippen LogP contribution in [0.15, 0.2) is 71.9 Å². The standard InChI is InChI=1S/C26H25NO4/c1-18-20(17-26(28)29)8-5-9-25(18)30-14-15-31-27-24-13-11-22-16-21(10-12-23(22)24)19-6-3-2-4-7-19/h2-10,12,16H,11,13-15,17H2,1H3,(H,28,29)/b27-24+. The van der Waals surface area contributed by atoms with Crippen LogP contribution in [0.1, 0.15) is 28.7 Å². The Bertz CT molecular complexity index is 1110. The van der Waals surface area contributed by atoms with E-state index in [9.17, 15) is 4.79 Å². The minimum atomic E-state index is -0.854. The SMILES string of the molecule is Cc1c(CC(=O)O)cccc1OCCO/N=C1\CCc2cc(-c3ccccc3)ccc21. The molecule has 0 heterocycles. The summed E-state index contributed by atoms with van der Waals surface area (Å²) in [5.74, 6) is -0.179. The predicted octanol–water partition coefficient (Wildman–Crippen LogP) is 5.04. The Morgan fingerprint density at radius 1 is 0.968 bits per heavy atom. The molecule has 0 saturated carbocycles. The Morgan fingerprint density at radius 3 is 2.61 bits per heavy atom. The van der Waals surface area contributed by atoms with Crippen molar-refractivity contribution in [3.63, 3.8) is 0 Å². The van der Waals surface area contributed by atoms with Gasteiger partial charge in [-0.25, -0.2) is 0 Å². The van der Waals surface area contributed by atoms with E-state index in [4.69, 9.17) is 14.7 Å². The largest absolute Gasteiger partial charge is 0.490 e. The zero-order valence-electron chi connectivity index (χ0n) is 17.5. The number of ether oxygens (including phenoxy) is 1. The van der Waals surface area contributed by atoms with Gasteiger partial charge < -0.3 is 14.7 Å². The van der Waals surface area contributed by atoms with Gasteiger partial charge in [0.2, 0.25) is 0 Å². The number of fused-ring (bicyclic) bond motifs is 1. The fourth-order valence-electron chi connectivity index (χ4n) is 3.86. The Balaban J connectivity index is 1.33. The minimum absolute atomic E-state index is 0.0153. The van der Waals surface area contributed by atoms with Crippen LogP contribution in [-0.4, -0.2) is 30.0 Å². The summed E-state index contributed by atoms with van der Waals surface area (Å²) in [4.78, 5) is 16.5. The van der Waals surface area contributed by atoms with E-state index in [1.165, 1.54) is 16.7 Å². The zero-order valence-corrected chi connectivity index (χ0v) is 17.5. The van der Waals surface area contributed by atoms with E-state index < -0.39 is 5.97 Å². The van der Waals surface area contributed by atoms with E-state index in [0.717, 1.165) is 35.2 Å². The van der Waals surface area contributed by atoms with Crippen molar-refractivity contribution in [2.75, 3.05) is 13.2 Å². The van der Waals surface area contributed by atoms with Crippen LogP contribution >= 0.6 is 0 Å². The first-order chi connectivity index (χ1) is 15.1. The van der Waals surface area contributed by atoms with Crippen molar-refractivity contribution in [2.45, 2.75) is 26.2 Å². The van der Waals surface area contributed by atoms with Crippen LogP contribution in [0.5, 0.6) is 5.75 Å². The van der Waals surface area contributed by atoms with E-state index in [1.807, 2.05) is 19.1 Å². The normalized spacial score (nSPS) is 13.8. The maximum atomic E-state index is 11.0. The van der Waals surface area contributed by atoms with Gasteiger partial charge in [0.25, 0.3) is 0 Å². The zero-order chi connectivity index (χ0) is 21.6. The van der Waals surface area contributed by atoms with Gasteiger partial charge in [-0.1, -0.05) is 65.8 Å². The van der Waals surface area contributed by atoms with Gasteiger partial charge in [-0.15, -0.1) is 0 Å². The fraction of sp³-hybridized carbons (Fsp3) is 0.231. The summed E-state index contributed by atoms with van der Waals surface area (Å²) in [5, 5.41) is 13.3. The number of nitrogens with zero attached hydrogens (tertiary/aromatic N) is 1. The summed E-state index contributed by atoms with van der Waals surface area (Å²) >= 11 is 0. The van der Waals surface area contributed by atoms with Gasteiger partial charge >= 0.3 is 5.97 Å². The van der Waals surface area contributed by atoms with Crippen molar-refractivity contribution in [1.29, 1.82) is 0 Å². The predicted molar refractivity (Wildman–Crippen MR) is 121 cm³/mol. The van der Waals surface area contributed by atoms with Crippen LogP contribution in [0.2, 0.25) is 0 Å². The number of oxime groups is 1. The molecule has 3 aromatic carbocycles. The highest BCUT2D eigenvalue weighted by Crippen LogP contribution is 2.28. The first-order valence-corrected chi connectivity index (χ1v) is 10.4. The molecular formula is C26H25NO4. The van der Waals surface area contributed by atoms with E-state index in [1.54, 1.807) is 12.1 Å². The van der Waals surface area contributed by atoms with Crippen molar-refractivity contribution in [1.82, 2.24) is 0 Å². The number of benzene rings is 3. The molecule has 5 nitrogen and oxygen atoms in total. The van der Waals surface area contributed by atoms with Crippen molar-refractivity contribution in [3.05, 3.63) is 89.0 Å². The average Bonchev–Trinajstić information content (AvgIpc) is 3.18. The molecule has 31 heavy (non-hydrogen) atoms. The summed E-state index contributed by atoms with van der Waals surface area (Å²) in [5.41, 5.74) is 7.44. The van der Waals surface area contributed by atoms with Gasteiger partial charge in [-0.2, -0.15) is 0 Å². The fourth-order valence-corrected chi connectivity index (χ4v) is 3.86. The molecule has 0 radical (unpaired) electrons. The lowest BCUT2D eigenvalue weighted by Crippen LogP contribution is -2.08. The van der Waals surface area contributed by atoms with Crippen LogP contribution in [0.25, 0.3) is 11.1 Å². The van der Waals surface area contributed by atoms with Gasteiger partial charge in [0.05, 0.1) is 12.1 Å². The number of aryl methyl sites for hydroxylation is 1. The lowest BCUT2D eigenvalue weighted by atomic mass is 10.0. The topological polar surface area (TPSA) is 68.1 Å². The first-order valence-electron chi connectivity index (χ1n) is 10.4. The molecule has 3 aromatic rings. The van der Waals surface area contributed by atoms with E-state index in [0.29, 0.717) is 19.0 Å². The molecule has 0 aliphatic heterocycles. The Hall–Kier alpha value is -3.60. The number of carboxylic acids is 1. The van der Waals surface area contributed by atoms with Gasteiger partial charge in [-0.3, -0.25) is 4.79 Å². The first kappa shape index (κ1) is 20.7. The van der Waals surface area contributed by atoms with E-state index >= 15 is 0 Å². The molecule has 0 aromatic heterocycles. The third-order valence-electron chi connectivity index (χ3n) is 5.50. The second-order valence-corrected chi connectivity index (χ2v) is 7.57. The number of aliphatic carboxylic acids is 1. The van der Waals surface area contributed by atoms with Crippen molar-refractivity contribution in [2.24, 2.45) is 5.16 Å². The molecular weight excluding hydrogens is 390 g/mol. The highest BCUT2D eigenvalue weighted by Gasteiger charge is 2.19. The Morgan fingerprint density at radius 2 is 1.81 bits per heavy atom. The molecule has 1 aliphatic rings. The van der Waals surface area contributed by atoms with Crippen LogP contribution in [0, 0.1) is 6.92 Å². The van der Waals surface area contributed by atoms with Gasteiger partial charge in [-0.05, 0) is 53.6 Å². The highest BCUT2D eigenvalue weighted by atomic mass is 16.6. The number of hydrogen-bond donors (Lipinski definition) is 1. The van der Waals surface area contributed by atoms with Crippen LogP contribution in [-0.2, 0) is 22.5 Å². The number of hydrogen-bond acceptors (Lipinski definition) is 4. The molecule has 0 amide bonds. The summed E-state index contributed by atoms with van der Waals surface area (Å²) < 4.78 is 5.77. The van der Waals surface area contributed by atoms with Crippen LogP contribution < -0.4 is 4.74 Å². The summed E-state index contributed by atoms with van der Waals surface area (Å²) in [6.45, 7) is 2.53. The maximum Gasteiger partial charge on any atom is 0.307 e. The third-order valence-corrected chi connectivity index (χ3v) is 5.50. The molecule has 1 aliphatic carbocycles. The molecule has 0 saturated heterocycles. The molecule has 0 unspecified atom stereocenters. The lowest BCUT2D eigenvalue weighted by molar-refractivity contribution is -0.136. The molecule has 0 bridgehead atoms. The molecule has 158 valence electrons. The summed E-state index contributed by atoms with van der Waals surface area (Å²) in [7, 11) is 0. The number of carboxylic acid groups (broad SMARTS) is 1. The molecule has 0 atom stereocenters. The van der Waals surface area contributed by atoms with Crippen molar-refractivity contribution >= 4 is 11.7 Å². The average molecular weight is 415 g/mol. The van der Waals surface area contributed by atoms with E-state index in [2.05, 4.69) is 47.6 Å². The number of rotatable bonds is 8. The van der Waals surface area contributed by atoms with E-state index in [-0.39, 0.29) is 6.42 Å². The highest BCUT2D eigenvalue weighted by molar-refractivity contribution is 6.04. The van der Waals surface area contributed by atoms with Gasteiger partial charge in [0, 0.05) is 5.56 Å². The third kappa shape index (κ3) is 4.94. The van der Waals surface area contributed by atoms with Gasteiger partial charge in [0.1, 0.15) is 12.4 Å². The lowest BCUT2D eigenvalue weighted by Gasteiger charge is -2.11. The quantitative estimate of drug-likeness (QED) is 0.414. The maximum absolute atomic E-state index is 11.0. The Labute approximate surface area is 181 Å². The minimum Gasteiger partial charge on any atom is -0.490 e. The number of carbonyl (C=O) groups is 1. The monoisotopic (exact) mass is 415 g/mol. The molecule has 4 rings (SSSR count). The molecule has 1 N–H and O–H groups in total. The van der Waals surface area contributed by atoms with Crippen LogP contribution in [0.3, 0.4) is 0 Å². The molecule has 0 fully saturated rings. The molecule has 5 heteroatoms. The van der Waals surface area contributed by atoms with Gasteiger partial charge in [0.15, 0.2) is 6.61 Å².